The summed E-state index contributed by atoms with van der Waals surface area (Å²) in [4.78, 5) is 15.2. The lowest BCUT2D eigenvalue weighted by molar-refractivity contribution is -0.0576. The van der Waals surface area contributed by atoms with Crippen molar-refractivity contribution in [1.29, 1.82) is 0 Å². The van der Waals surface area contributed by atoms with Gasteiger partial charge >= 0.3 is 0 Å². The lowest BCUT2D eigenvalue weighted by Gasteiger charge is -2.36. The summed E-state index contributed by atoms with van der Waals surface area (Å²) < 4.78 is 27.8. The second-order valence-electron chi connectivity index (χ2n) is 8.14. The van der Waals surface area contributed by atoms with Crippen LogP contribution in [0.4, 0.5) is 0 Å². The number of rotatable bonds is 7. The molecular weight excluding hydrogens is 404 g/mol. The first-order chi connectivity index (χ1) is 15.1. The van der Waals surface area contributed by atoms with Gasteiger partial charge in [-0.05, 0) is 19.0 Å². The Bertz CT molecular complexity index is 754. The maximum atomic E-state index is 12.9. The Labute approximate surface area is 182 Å². The van der Waals surface area contributed by atoms with E-state index in [9.17, 15) is 9.90 Å². The van der Waals surface area contributed by atoms with Gasteiger partial charge in [0.25, 0.3) is 5.91 Å². The van der Waals surface area contributed by atoms with E-state index in [1.807, 2.05) is 0 Å². The first kappa shape index (κ1) is 22.1. The Morgan fingerprint density at radius 2 is 2.03 bits per heavy atom. The zero-order valence-electron chi connectivity index (χ0n) is 18.0. The van der Waals surface area contributed by atoms with Crippen molar-refractivity contribution in [1.82, 2.24) is 10.2 Å². The molecule has 172 valence electrons. The van der Waals surface area contributed by atoms with Gasteiger partial charge in [0.15, 0.2) is 17.8 Å². The van der Waals surface area contributed by atoms with Crippen LogP contribution in [-0.2, 0) is 9.47 Å². The minimum Gasteiger partial charge on any atom is -0.497 e. The average molecular weight is 437 g/mol. The van der Waals surface area contributed by atoms with E-state index in [0.717, 1.165) is 32.4 Å². The summed E-state index contributed by atoms with van der Waals surface area (Å²) >= 11 is 0. The van der Waals surface area contributed by atoms with Gasteiger partial charge in [-0.2, -0.15) is 0 Å². The van der Waals surface area contributed by atoms with Crippen molar-refractivity contribution in [3.8, 4) is 17.2 Å². The molecule has 1 aromatic carbocycles. The van der Waals surface area contributed by atoms with Gasteiger partial charge in [-0.1, -0.05) is 0 Å². The highest BCUT2D eigenvalue weighted by Crippen LogP contribution is 2.37. The number of hydrogen-bond acceptors (Lipinski definition) is 8. The number of fused-ring (bicyclic) bond motifs is 1. The number of piperidine rings is 1. The number of carbonyl (C=O) groups excluding carboxylic acids is 1. The summed E-state index contributed by atoms with van der Waals surface area (Å²) in [7, 11) is 1.55. The van der Waals surface area contributed by atoms with Gasteiger partial charge in [0.2, 0.25) is 0 Å². The summed E-state index contributed by atoms with van der Waals surface area (Å²) in [6.07, 6.45) is 1.74. The van der Waals surface area contributed by atoms with Crippen LogP contribution >= 0.6 is 0 Å². The SMILES string of the molecule is COc1cc2c(c(C(=O)NC[C@@H]3CCN(CCC4OCCO4)C[C@H]3O)c1)OCCCO2. The number of aliphatic hydroxyl groups excluding tert-OH is 1. The van der Waals surface area contributed by atoms with Crippen LogP contribution in [0, 0.1) is 5.92 Å². The number of methoxy groups -OCH3 is 1. The average Bonchev–Trinajstić information content (AvgIpc) is 3.19. The first-order valence-electron chi connectivity index (χ1n) is 11.0. The van der Waals surface area contributed by atoms with Crippen LogP contribution < -0.4 is 19.5 Å². The molecule has 0 radical (unpaired) electrons. The van der Waals surface area contributed by atoms with E-state index in [4.69, 9.17) is 23.7 Å². The molecule has 3 heterocycles. The Morgan fingerprint density at radius 3 is 2.81 bits per heavy atom. The van der Waals surface area contributed by atoms with Gasteiger partial charge in [0.1, 0.15) is 5.75 Å². The summed E-state index contributed by atoms with van der Waals surface area (Å²) in [6.45, 7) is 5.02. The van der Waals surface area contributed by atoms with Crippen molar-refractivity contribution in [2.75, 3.05) is 59.7 Å². The number of ether oxygens (including phenoxy) is 5. The highest BCUT2D eigenvalue weighted by atomic mass is 16.7. The minimum atomic E-state index is -0.499. The van der Waals surface area contributed by atoms with Crippen LogP contribution in [0.3, 0.4) is 0 Å². The van der Waals surface area contributed by atoms with Crippen LogP contribution in [0.1, 0.15) is 29.6 Å². The molecule has 1 amide bonds. The fourth-order valence-corrected chi connectivity index (χ4v) is 4.20. The fourth-order valence-electron chi connectivity index (χ4n) is 4.20. The zero-order chi connectivity index (χ0) is 21.6. The van der Waals surface area contributed by atoms with Crippen LogP contribution in [0.25, 0.3) is 0 Å². The van der Waals surface area contributed by atoms with E-state index in [0.29, 0.717) is 62.3 Å². The quantitative estimate of drug-likeness (QED) is 0.654. The molecular formula is C22H32N2O7. The summed E-state index contributed by atoms with van der Waals surface area (Å²) in [6, 6.07) is 3.40. The van der Waals surface area contributed by atoms with Gasteiger partial charge < -0.3 is 39.0 Å². The lowest BCUT2D eigenvalue weighted by Crippen LogP contribution is -2.48. The molecule has 1 aromatic rings. The maximum Gasteiger partial charge on any atom is 0.255 e. The van der Waals surface area contributed by atoms with Crippen LogP contribution in [0.5, 0.6) is 17.2 Å². The third-order valence-corrected chi connectivity index (χ3v) is 6.00. The van der Waals surface area contributed by atoms with Gasteiger partial charge in [0.05, 0.1) is 45.2 Å². The number of likely N-dealkylation sites (tertiary alicyclic amines) is 1. The summed E-state index contributed by atoms with van der Waals surface area (Å²) in [5, 5.41) is 13.6. The molecule has 2 fully saturated rings. The molecule has 0 aliphatic carbocycles. The lowest BCUT2D eigenvalue weighted by atomic mass is 9.93. The predicted molar refractivity (Wildman–Crippen MR) is 112 cm³/mol. The molecule has 2 N–H and O–H groups in total. The van der Waals surface area contributed by atoms with Crippen molar-refractivity contribution in [2.24, 2.45) is 5.92 Å². The minimum absolute atomic E-state index is 0.000519. The highest BCUT2D eigenvalue weighted by Gasteiger charge is 2.29. The fraction of sp³-hybridized carbons (Fsp3) is 0.682. The van der Waals surface area contributed by atoms with Crippen molar-refractivity contribution < 1.29 is 33.6 Å². The summed E-state index contributed by atoms with van der Waals surface area (Å²) in [5.74, 6) is 1.25. The Hall–Kier alpha value is -2.07. The molecule has 2 atom stereocenters. The van der Waals surface area contributed by atoms with Gasteiger partial charge in [-0.15, -0.1) is 0 Å². The number of carbonyl (C=O) groups is 1. The van der Waals surface area contributed by atoms with E-state index in [1.165, 1.54) is 0 Å². The van der Waals surface area contributed by atoms with E-state index < -0.39 is 6.10 Å². The van der Waals surface area contributed by atoms with Crippen molar-refractivity contribution in [3.63, 3.8) is 0 Å². The van der Waals surface area contributed by atoms with Gasteiger partial charge in [-0.25, -0.2) is 0 Å². The number of amides is 1. The van der Waals surface area contributed by atoms with Gasteiger partial charge in [0, 0.05) is 44.5 Å². The third-order valence-electron chi connectivity index (χ3n) is 6.00. The van der Waals surface area contributed by atoms with E-state index in [-0.39, 0.29) is 18.1 Å². The number of aliphatic hydroxyl groups is 1. The molecule has 4 rings (SSSR count). The number of nitrogens with zero attached hydrogens (tertiary/aromatic N) is 1. The largest absolute Gasteiger partial charge is 0.497 e. The molecule has 31 heavy (non-hydrogen) atoms. The number of nitrogens with one attached hydrogen (secondary N) is 1. The van der Waals surface area contributed by atoms with E-state index >= 15 is 0 Å². The van der Waals surface area contributed by atoms with Crippen LogP contribution in [-0.4, -0.2) is 88.0 Å². The first-order valence-corrected chi connectivity index (χ1v) is 11.0. The number of β-amino-alcohol motifs (C(OH)–C–C–N with tert-alkyl or cyclic N) is 1. The van der Waals surface area contributed by atoms with Crippen LogP contribution in [0.2, 0.25) is 0 Å². The van der Waals surface area contributed by atoms with Crippen molar-refractivity contribution >= 4 is 5.91 Å². The second kappa shape index (κ2) is 10.5. The normalized spacial score (nSPS) is 24.6. The molecule has 0 unspecified atom stereocenters. The molecule has 0 bridgehead atoms. The Kier molecular flexibility index (Phi) is 7.49. The second-order valence-corrected chi connectivity index (χ2v) is 8.14. The molecule has 0 aromatic heterocycles. The third kappa shape index (κ3) is 5.60. The maximum absolute atomic E-state index is 12.9. The van der Waals surface area contributed by atoms with Gasteiger partial charge in [-0.3, -0.25) is 4.79 Å². The topological polar surface area (TPSA) is 98.7 Å². The van der Waals surface area contributed by atoms with Crippen LogP contribution in [0.15, 0.2) is 12.1 Å². The summed E-state index contributed by atoms with van der Waals surface area (Å²) in [5.41, 5.74) is 0.389. The van der Waals surface area contributed by atoms with Crippen molar-refractivity contribution in [3.05, 3.63) is 17.7 Å². The molecule has 0 spiro atoms. The molecule has 3 aliphatic heterocycles. The molecule has 2 saturated heterocycles. The number of benzene rings is 1. The van der Waals surface area contributed by atoms with E-state index in [2.05, 4.69) is 10.2 Å². The highest BCUT2D eigenvalue weighted by molar-refractivity contribution is 5.98. The van der Waals surface area contributed by atoms with E-state index in [1.54, 1.807) is 19.2 Å². The molecule has 9 heteroatoms. The monoisotopic (exact) mass is 436 g/mol. The molecule has 9 nitrogen and oxygen atoms in total. The standard InChI is InChI=1S/C22H32N2O7/c1-27-16-11-17(21-19(12-16)28-7-2-8-31-21)22(26)23-13-15-3-5-24(14-18(15)25)6-4-20-29-9-10-30-20/h11-12,15,18,20,25H,2-10,13-14H2,1H3,(H,23,26)/t15-,18+/m0/s1. The molecule has 0 saturated carbocycles. The smallest absolute Gasteiger partial charge is 0.255 e. The Balaban J connectivity index is 1.31. The molecule has 3 aliphatic rings. The zero-order valence-corrected chi connectivity index (χ0v) is 18.0. The number of hydrogen-bond donors (Lipinski definition) is 2. The predicted octanol–water partition coefficient (Wildman–Crippen LogP) is 1.03. The van der Waals surface area contributed by atoms with Crippen molar-refractivity contribution in [2.45, 2.75) is 31.7 Å². The Morgan fingerprint density at radius 1 is 1.23 bits per heavy atom.